The molecule has 2 N–H and O–H groups in total. The fourth-order valence-corrected chi connectivity index (χ4v) is 1.73. The highest BCUT2D eigenvalue weighted by Crippen LogP contribution is 2.10. The zero-order valence-electron chi connectivity index (χ0n) is 9.51. The van der Waals surface area contributed by atoms with Crippen molar-refractivity contribution >= 4 is 23.3 Å². The average Bonchev–Trinajstić information content (AvgIpc) is 2.78. The van der Waals surface area contributed by atoms with Crippen molar-refractivity contribution in [3.63, 3.8) is 0 Å². The number of hydrogen-bond acceptors (Lipinski definition) is 3. The summed E-state index contributed by atoms with van der Waals surface area (Å²) >= 11 is 1.59. The summed E-state index contributed by atoms with van der Waals surface area (Å²) in [5.41, 5.74) is 0. The molecule has 1 rings (SSSR count). The van der Waals surface area contributed by atoms with E-state index in [9.17, 15) is 4.79 Å². The third-order valence-electron chi connectivity index (χ3n) is 2.45. The Morgan fingerprint density at radius 2 is 2.38 bits per heavy atom. The number of carbonyl (C=O) groups is 1. The largest absolute Gasteiger partial charge is 0.396 e. The average molecular weight is 239 g/mol. The van der Waals surface area contributed by atoms with Gasteiger partial charge in [0.2, 0.25) is 5.91 Å². The topological polar surface area (TPSA) is 49.3 Å². The molecule has 16 heavy (non-hydrogen) atoms. The molecule has 88 valence electrons. The van der Waals surface area contributed by atoms with Crippen LogP contribution in [-0.2, 0) is 4.79 Å². The molecule has 0 saturated carbocycles. The Kier molecular flexibility index (Phi) is 5.22. The SMILES string of the molecule is CC(CO)C(C)NC(=O)/C=C/c1cccs1. The van der Waals surface area contributed by atoms with Gasteiger partial charge in [0.15, 0.2) is 0 Å². The van der Waals surface area contributed by atoms with Gasteiger partial charge in [-0.1, -0.05) is 13.0 Å². The molecule has 0 fully saturated rings. The van der Waals surface area contributed by atoms with Crippen LogP contribution >= 0.6 is 11.3 Å². The van der Waals surface area contributed by atoms with Gasteiger partial charge in [-0.2, -0.15) is 0 Å². The van der Waals surface area contributed by atoms with Crippen LogP contribution in [0.15, 0.2) is 23.6 Å². The predicted octanol–water partition coefficient (Wildman–Crippen LogP) is 1.89. The number of rotatable bonds is 5. The molecule has 0 spiro atoms. The summed E-state index contributed by atoms with van der Waals surface area (Å²) < 4.78 is 0. The molecule has 0 bridgehead atoms. The Morgan fingerprint density at radius 3 is 2.94 bits per heavy atom. The first kappa shape index (κ1) is 12.9. The van der Waals surface area contributed by atoms with Gasteiger partial charge in [-0.25, -0.2) is 0 Å². The number of hydrogen-bond donors (Lipinski definition) is 2. The first-order chi connectivity index (χ1) is 7.63. The minimum absolute atomic E-state index is 0.0227. The van der Waals surface area contributed by atoms with Crippen molar-refractivity contribution < 1.29 is 9.90 Å². The Labute approximate surface area is 99.8 Å². The van der Waals surface area contributed by atoms with Crippen LogP contribution in [-0.4, -0.2) is 23.7 Å². The summed E-state index contributed by atoms with van der Waals surface area (Å²) in [6.45, 7) is 3.86. The summed E-state index contributed by atoms with van der Waals surface area (Å²) in [6, 6.07) is 3.87. The number of thiophene rings is 1. The second-order valence-electron chi connectivity index (χ2n) is 3.81. The molecule has 0 aliphatic rings. The van der Waals surface area contributed by atoms with E-state index < -0.39 is 0 Å². The fraction of sp³-hybridized carbons (Fsp3) is 0.417. The van der Waals surface area contributed by atoms with E-state index in [2.05, 4.69) is 5.32 Å². The molecule has 0 radical (unpaired) electrons. The van der Waals surface area contributed by atoms with E-state index >= 15 is 0 Å². The molecule has 1 heterocycles. The molecule has 0 saturated heterocycles. The smallest absolute Gasteiger partial charge is 0.244 e. The molecule has 1 aromatic heterocycles. The van der Waals surface area contributed by atoms with Crippen molar-refractivity contribution in [2.45, 2.75) is 19.9 Å². The number of aliphatic hydroxyl groups is 1. The van der Waals surface area contributed by atoms with Crippen LogP contribution in [0.2, 0.25) is 0 Å². The van der Waals surface area contributed by atoms with E-state index in [-0.39, 0.29) is 24.5 Å². The van der Waals surface area contributed by atoms with E-state index in [0.29, 0.717) is 0 Å². The molecule has 3 nitrogen and oxygen atoms in total. The lowest BCUT2D eigenvalue weighted by Gasteiger charge is -2.17. The van der Waals surface area contributed by atoms with Gasteiger partial charge in [-0.05, 0) is 30.4 Å². The molecule has 1 aromatic rings. The molecule has 2 unspecified atom stereocenters. The van der Waals surface area contributed by atoms with Crippen LogP contribution in [0.1, 0.15) is 18.7 Å². The zero-order valence-corrected chi connectivity index (χ0v) is 10.3. The summed E-state index contributed by atoms with van der Waals surface area (Å²) in [4.78, 5) is 12.5. The van der Waals surface area contributed by atoms with Crippen molar-refractivity contribution in [1.82, 2.24) is 5.32 Å². The van der Waals surface area contributed by atoms with Crippen molar-refractivity contribution in [3.8, 4) is 0 Å². The van der Waals surface area contributed by atoms with Gasteiger partial charge in [-0.3, -0.25) is 4.79 Å². The van der Waals surface area contributed by atoms with Crippen molar-refractivity contribution in [3.05, 3.63) is 28.5 Å². The van der Waals surface area contributed by atoms with E-state index in [1.165, 1.54) is 6.08 Å². The van der Waals surface area contributed by atoms with Crippen LogP contribution < -0.4 is 5.32 Å². The Balaban J connectivity index is 2.42. The Hall–Kier alpha value is -1.13. The number of carbonyl (C=O) groups excluding carboxylic acids is 1. The van der Waals surface area contributed by atoms with E-state index in [1.807, 2.05) is 31.4 Å². The summed E-state index contributed by atoms with van der Waals surface area (Å²) in [7, 11) is 0. The van der Waals surface area contributed by atoms with Gasteiger partial charge in [-0.15, -0.1) is 11.3 Å². The van der Waals surface area contributed by atoms with E-state index in [0.717, 1.165) is 4.88 Å². The van der Waals surface area contributed by atoms with Gasteiger partial charge < -0.3 is 10.4 Å². The zero-order chi connectivity index (χ0) is 12.0. The summed E-state index contributed by atoms with van der Waals surface area (Å²) in [5, 5.41) is 13.7. The summed E-state index contributed by atoms with van der Waals surface area (Å²) in [5.74, 6) is -0.0553. The highest BCUT2D eigenvalue weighted by Gasteiger charge is 2.11. The van der Waals surface area contributed by atoms with Crippen molar-refractivity contribution in [2.75, 3.05) is 6.61 Å². The molecule has 0 aliphatic heterocycles. The highest BCUT2D eigenvalue weighted by molar-refractivity contribution is 7.10. The van der Waals surface area contributed by atoms with Gasteiger partial charge in [0.25, 0.3) is 0 Å². The Bertz CT molecular complexity index is 346. The molecule has 4 heteroatoms. The van der Waals surface area contributed by atoms with Gasteiger partial charge >= 0.3 is 0 Å². The second-order valence-corrected chi connectivity index (χ2v) is 4.79. The van der Waals surface area contributed by atoms with Crippen LogP contribution in [0.4, 0.5) is 0 Å². The Morgan fingerprint density at radius 1 is 1.62 bits per heavy atom. The fourth-order valence-electron chi connectivity index (χ4n) is 1.12. The normalized spacial score (nSPS) is 14.9. The van der Waals surface area contributed by atoms with Gasteiger partial charge in [0.05, 0.1) is 0 Å². The second kappa shape index (κ2) is 6.45. The first-order valence-corrected chi connectivity index (χ1v) is 6.14. The molecule has 0 aromatic carbocycles. The van der Waals surface area contributed by atoms with Crippen LogP contribution in [0.5, 0.6) is 0 Å². The maximum absolute atomic E-state index is 11.5. The van der Waals surface area contributed by atoms with Crippen LogP contribution in [0.3, 0.4) is 0 Å². The van der Waals surface area contributed by atoms with E-state index in [4.69, 9.17) is 5.11 Å². The number of aliphatic hydroxyl groups excluding tert-OH is 1. The third-order valence-corrected chi connectivity index (χ3v) is 3.29. The van der Waals surface area contributed by atoms with Crippen molar-refractivity contribution in [1.29, 1.82) is 0 Å². The predicted molar refractivity (Wildman–Crippen MR) is 67.2 cm³/mol. The number of amides is 1. The van der Waals surface area contributed by atoms with Crippen LogP contribution in [0.25, 0.3) is 6.08 Å². The molecule has 1 amide bonds. The molecule has 2 atom stereocenters. The lowest BCUT2D eigenvalue weighted by atomic mass is 10.1. The van der Waals surface area contributed by atoms with Gasteiger partial charge in [0, 0.05) is 23.6 Å². The third kappa shape index (κ3) is 4.16. The molecular weight excluding hydrogens is 222 g/mol. The highest BCUT2D eigenvalue weighted by atomic mass is 32.1. The standard InChI is InChI=1S/C12H17NO2S/c1-9(8-14)10(2)13-12(15)6-5-11-4-3-7-16-11/h3-7,9-10,14H,8H2,1-2H3,(H,13,15)/b6-5+. The lowest BCUT2D eigenvalue weighted by Crippen LogP contribution is -2.37. The minimum atomic E-state index is -0.124. The molecule has 0 aliphatic carbocycles. The van der Waals surface area contributed by atoms with Crippen LogP contribution in [0, 0.1) is 5.92 Å². The first-order valence-electron chi connectivity index (χ1n) is 5.26. The number of nitrogens with one attached hydrogen (secondary N) is 1. The molecular formula is C12H17NO2S. The van der Waals surface area contributed by atoms with E-state index in [1.54, 1.807) is 17.4 Å². The lowest BCUT2D eigenvalue weighted by molar-refractivity contribution is -0.117. The minimum Gasteiger partial charge on any atom is -0.396 e. The quantitative estimate of drug-likeness (QED) is 0.771. The van der Waals surface area contributed by atoms with Gasteiger partial charge in [0.1, 0.15) is 0 Å². The maximum Gasteiger partial charge on any atom is 0.244 e. The maximum atomic E-state index is 11.5. The monoisotopic (exact) mass is 239 g/mol. The van der Waals surface area contributed by atoms with Crippen molar-refractivity contribution in [2.24, 2.45) is 5.92 Å². The summed E-state index contributed by atoms with van der Waals surface area (Å²) in [6.07, 6.45) is 3.31.